The molecule has 1 heterocycles. The van der Waals surface area contributed by atoms with Crippen molar-refractivity contribution in [3.05, 3.63) is 50.3 Å². The molecule has 1 unspecified atom stereocenters. The molecule has 1 aromatic heterocycles. The van der Waals surface area contributed by atoms with E-state index in [1.807, 2.05) is 16.8 Å². The molecule has 4 nitrogen and oxygen atoms in total. The molecule has 3 N–H and O–H groups in total. The normalized spacial score (nSPS) is 12.6. The summed E-state index contributed by atoms with van der Waals surface area (Å²) in [5.74, 6) is 5.72. The fraction of sp³-hybridized carbons (Fsp3) is 0.308. The van der Waals surface area contributed by atoms with Crippen LogP contribution in [0.2, 0.25) is 5.02 Å². The van der Waals surface area contributed by atoms with Crippen LogP contribution in [0.25, 0.3) is 0 Å². The minimum Gasteiger partial charge on any atom is -0.271 e. The molecule has 2 aromatic rings. The number of benzene rings is 1. The lowest BCUT2D eigenvalue weighted by Gasteiger charge is -2.18. The van der Waals surface area contributed by atoms with Gasteiger partial charge < -0.3 is 0 Å². The van der Waals surface area contributed by atoms with Crippen LogP contribution in [0.15, 0.2) is 30.5 Å². The number of nitrogens with one attached hydrogen (secondary N) is 1. The zero-order valence-electron chi connectivity index (χ0n) is 10.6. The average Bonchev–Trinajstić information content (AvgIpc) is 2.76. The first kappa shape index (κ1) is 14.8. The van der Waals surface area contributed by atoms with Gasteiger partial charge in [-0.2, -0.15) is 5.10 Å². The second-order valence-electron chi connectivity index (χ2n) is 4.25. The van der Waals surface area contributed by atoms with Gasteiger partial charge in [-0.15, -0.1) is 0 Å². The van der Waals surface area contributed by atoms with Crippen molar-refractivity contribution in [2.24, 2.45) is 5.84 Å². The molecule has 0 saturated carbocycles. The lowest BCUT2D eigenvalue weighted by atomic mass is 10.0. The molecule has 19 heavy (non-hydrogen) atoms. The number of aryl methyl sites for hydroxylation is 1. The minimum atomic E-state index is -0.154. The number of halogens is 2. The summed E-state index contributed by atoms with van der Waals surface area (Å²) < 4.78 is 3.09. The second kappa shape index (κ2) is 6.69. The lowest BCUT2D eigenvalue weighted by Crippen LogP contribution is -2.31. The summed E-state index contributed by atoms with van der Waals surface area (Å²) in [5.41, 5.74) is 4.81. The Kier molecular flexibility index (Phi) is 5.20. The number of nitrogens with two attached hydrogens (primary N) is 1. The van der Waals surface area contributed by atoms with E-state index in [1.165, 1.54) is 3.57 Å². The molecule has 0 aliphatic rings. The Morgan fingerprint density at radius 1 is 1.42 bits per heavy atom. The second-order valence-corrected chi connectivity index (χ2v) is 5.90. The molecule has 102 valence electrons. The molecule has 0 saturated heterocycles. The van der Waals surface area contributed by atoms with Crippen molar-refractivity contribution in [1.29, 1.82) is 0 Å². The van der Waals surface area contributed by atoms with Crippen molar-refractivity contribution in [3.63, 3.8) is 0 Å². The maximum Gasteiger partial charge on any atom is 0.0893 e. The van der Waals surface area contributed by atoms with Gasteiger partial charge in [0, 0.05) is 10.1 Å². The Balaban J connectivity index is 2.41. The molecule has 1 atom stereocenters. The maximum absolute atomic E-state index is 6.25. The van der Waals surface area contributed by atoms with Gasteiger partial charge in [0.05, 0.1) is 23.0 Å². The van der Waals surface area contributed by atoms with Crippen LogP contribution in [0, 0.1) is 3.57 Å². The van der Waals surface area contributed by atoms with Crippen LogP contribution in [0.4, 0.5) is 0 Å². The highest BCUT2D eigenvalue weighted by Crippen LogP contribution is 2.28. The molecule has 0 amide bonds. The first-order valence-corrected chi connectivity index (χ1v) is 7.55. The number of hydrazine groups is 1. The average molecular weight is 391 g/mol. The molecule has 0 spiro atoms. The van der Waals surface area contributed by atoms with Crippen molar-refractivity contribution in [3.8, 4) is 0 Å². The summed E-state index contributed by atoms with van der Waals surface area (Å²) in [6.07, 6.45) is 2.67. The molecule has 0 radical (unpaired) electrons. The van der Waals surface area contributed by atoms with Gasteiger partial charge in [-0.25, -0.2) is 5.43 Å². The van der Waals surface area contributed by atoms with Crippen LogP contribution < -0.4 is 11.3 Å². The topological polar surface area (TPSA) is 55.9 Å². The monoisotopic (exact) mass is 390 g/mol. The standard InChI is InChI=1S/C13H16ClIN4/c1-2-7-19-13(11(14)8-17-19)12(18-16)9-3-5-10(15)6-4-9/h3-6,8,12,18H,2,7,16H2,1H3. The van der Waals surface area contributed by atoms with Crippen molar-refractivity contribution >= 4 is 34.2 Å². The van der Waals surface area contributed by atoms with Gasteiger partial charge in [-0.3, -0.25) is 10.5 Å². The maximum atomic E-state index is 6.25. The van der Waals surface area contributed by atoms with Crippen molar-refractivity contribution in [2.45, 2.75) is 25.9 Å². The van der Waals surface area contributed by atoms with Crippen LogP contribution in [0.5, 0.6) is 0 Å². The number of nitrogens with zero attached hydrogens (tertiary/aromatic N) is 2. The zero-order chi connectivity index (χ0) is 13.8. The molecule has 0 bridgehead atoms. The number of hydrogen-bond acceptors (Lipinski definition) is 3. The first-order valence-electron chi connectivity index (χ1n) is 6.10. The summed E-state index contributed by atoms with van der Waals surface area (Å²) in [6, 6.07) is 8.04. The molecule has 0 fully saturated rings. The predicted molar refractivity (Wildman–Crippen MR) is 85.9 cm³/mol. The van der Waals surface area contributed by atoms with E-state index in [4.69, 9.17) is 17.4 Å². The minimum absolute atomic E-state index is 0.154. The third kappa shape index (κ3) is 3.28. The third-order valence-electron chi connectivity index (χ3n) is 2.91. The Hall–Kier alpha value is -0.630. The van der Waals surface area contributed by atoms with Gasteiger partial charge in [0.1, 0.15) is 0 Å². The van der Waals surface area contributed by atoms with E-state index in [9.17, 15) is 0 Å². The summed E-state index contributed by atoms with van der Waals surface area (Å²) in [5, 5.41) is 4.94. The van der Waals surface area contributed by atoms with Gasteiger partial charge in [-0.05, 0) is 46.7 Å². The van der Waals surface area contributed by atoms with Gasteiger partial charge >= 0.3 is 0 Å². The molecular weight excluding hydrogens is 375 g/mol. The van der Waals surface area contributed by atoms with Gasteiger partial charge in [0.15, 0.2) is 0 Å². The molecular formula is C13H16ClIN4. The Labute approximate surface area is 131 Å². The highest BCUT2D eigenvalue weighted by Gasteiger charge is 2.20. The number of hydrogen-bond donors (Lipinski definition) is 2. The van der Waals surface area contributed by atoms with Gasteiger partial charge in [-0.1, -0.05) is 30.7 Å². The molecule has 2 rings (SSSR count). The van der Waals surface area contributed by atoms with Crippen LogP contribution in [0.3, 0.4) is 0 Å². The summed E-state index contributed by atoms with van der Waals surface area (Å²) >= 11 is 8.53. The van der Waals surface area contributed by atoms with E-state index in [-0.39, 0.29) is 6.04 Å². The number of aromatic nitrogens is 2. The summed E-state index contributed by atoms with van der Waals surface area (Å²) in [4.78, 5) is 0. The Morgan fingerprint density at radius 3 is 2.68 bits per heavy atom. The van der Waals surface area contributed by atoms with E-state index in [0.29, 0.717) is 5.02 Å². The van der Waals surface area contributed by atoms with Crippen LogP contribution in [0.1, 0.15) is 30.6 Å². The lowest BCUT2D eigenvalue weighted by molar-refractivity contribution is 0.521. The molecule has 0 aliphatic carbocycles. The predicted octanol–water partition coefficient (Wildman–Crippen LogP) is 3.10. The zero-order valence-corrected chi connectivity index (χ0v) is 13.5. The fourth-order valence-corrected chi connectivity index (χ4v) is 2.65. The highest BCUT2D eigenvalue weighted by molar-refractivity contribution is 14.1. The highest BCUT2D eigenvalue weighted by atomic mass is 127. The van der Waals surface area contributed by atoms with Crippen molar-refractivity contribution < 1.29 is 0 Å². The third-order valence-corrected chi connectivity index (χ3v) is 3.92. The number of rotatable bonds is 5. The molecule has 6 heteroatoms. The van der Waals surface area contributed by atoms with Crippen molar-refractivity contribution in [1.82, 2.24) is 15.2 Å². The van der Waals surface area contributed by atoms with Crippen molar-refractivity contribution in [2.75, 3.05) is 0 Å². The SMILES string of the molecule is CCCn1ncc(Cl)c1C(NN)c1ccc(I)cc1. The fourth-order valence-electron chi connectivity index (χ4n) is 2.04. The van der Waals surface area contributed by atoms with E-state index < -0.39 is 0 Å². The van der Waals surface area contributed by atoms with Crippen LogP contribution >= 0.6 is 34.2 Å². The van der Waals surface area contributed by atoms with E-state index in [1.54, 1.807) is 6.20 Å². The van der Waals surface area contributed by atoms with E-state index in [2.05, 4.69) is 52.2 Å². The summed E-state index contributed by atoms with van der Waals surface area (Å²) in [7, 11) is 0. The Morgan fingerprint density at radius 2 is 2.11 bits per heavy atom. The summed E-state index contributed by atoms with van der Waals surface area (Å²) in [6.45, 7) is 2.93. The smallest absolute Gasteiger partial charge is 0.0893 e. The quantitative estimate of drug-likeness (QED) is 0.469. The van der Waals surface area contributed by atoms with Crippen LogP contribution in [-0.2, 0) is 6.54 Å². The largest absolute Gasteiger partial charge is 0.271 e. The molecule has 0 aliphatic heterocycles. The Bertz CT molecular complexity index is 538. The molecule has 1 aromatic carbocycles. The van der Waals surface area contributed by atoms with E-state index >= 15 is 0 Å². The van der Waals surface area contributed by atoms with Crippen LogP contribution in [-0.4, -0.2) is 9.78 Å². The van der Waals surface area contributed by atoms with Gasteiger partial charge in [0.25, 0.3) is 0 Å². The van der Waals surface area contributed by atoms with Gasteiger partial charge in [0.2, 0.25) is 0 Å². The first-order chi connectivity index (χ1) is 9.17. The van der Waals surface area contributed by atoms with E-state index in [0.717, 1.165) is 24.2 Å².